The summed E-state index contributed by atoms with van der Waals surface area (Å²) in [5.41, 5.74) is 7.56. The second-order valence-corrected chi connectivity index (χ2v) is 15.5. The van der Waals surface area contributed by atoms with E-state index in [9.17, 15) is 13.2 Å². The van der Waals surface area contributed by atoms with E-state index >= 15 is 0 Å². The maximum Gasteiger partial charge on any atom is 0.268 e. The third-order valence-electron chi connectivity index (χ3n) is 9.24. The van der Waals surface area contributed by atoms with Gasteiger partial charge >= 0.3 is 0 Å². The summed E-state index contributed by atoms with van der Waals surface area (Å²) in [6.07, 6.45) is 3.30. The highest BCUT2D eigenvalue weighted by Gasteiger charge is 2.35. The molecule has 246 valence electrons. The first-order chi connectivity index (χ1) is 22.5. The molecule has 0 saturated carbocycles. The number of benzene rings is 1. The largest absolute Gasteiger partial charge is 0.378 e. The second kappa shape index (κ2) is 12.3. The molecule has 0 aliphatic carbocycles. The lowest BCUT2D eigenvalue weighted by molar-refractivity contribution is -0.129. The number of morpholine rings is 1. The van der Waals surface area contributed by atoms with Gasteiger partial charge < -0.3 is 15.4 Å². The molecule has 0 radical (unpaired) electrons. The van der Waals surface area contributed by atoms with Gasteiger partial charge in [-0.2, -0.15) is 0 Å². The van der Waals surface area contributed by atoms with Crippen molar-refractivity contribution >= 4 is 54.2 Å². The summed E-state index contributed by atoms with van der Waals surface area (Å²) < 4.78 is 35.5. The standard InChI is InChI=1S/C33H38N8O4S2/c1-22-17-25-26(19-35-20-28(25)41(22)47(43,44)24-7-5-4-6-8-24)30-36-27-18-23(46-29(27)31(37-30)39-13-15-45-16-14-39)21-38-9-11-40(12-10-38)33(2,3)32(34)42/h4-8,17-20H,9-16,21H2,1-3H3,(H2,34,42). The number of pyridine rings is 1. The molecule has 6 heterocycles. The topological polar surface area (TPSA) is 140 Å². The Morgan fingerprint density at radius 1 is 1.00 bits per heavy atom. The van der Waals surface area contributed by atoms with E-state index in [1.54, 1.807) is 61.0 Å². The Bertz CT molecular complexity index is 2060. The number of nitrogens with zero attached hydrogens (tertiary/aromatic N) is 7. The van der Waals surface area contributed by atoms with Gasteiger partial charge in [0.15, 0.2) is 11.6 Å². The summed E-state index contributed by atoms with van der Waals surface area (Å²) in [6, 6.07) is 12.4. The van der Waals surface area contributed by atoms with Crippen molar-refractivity contribution in [3.63, 3.8) is 0 Å². The number of hydrogen-bond donors (Lipinski definition) is 1. The Morgan fingerprint density at radius 2 is 1.72 bits per heavy atom. The van der Waals surface area contributed by atoms with E-state index in [1.807, 2.05) is 19.9 Å². The number of anilines is 1. The number of aryl methyl sites for hydroxylation is 1. The number of nitrogens with two attached hydrogens (primary N) is 1. The minimum Gasteiger partial charge on any atom is -0.378 e. The van der Waals surface area contributed by atoms with E-state index < -0.39 is 15.6 Å². The van der Waals surface area contributed by atoms with E-state index in [4.69, 9.17) is 20.4 Å². The highest BCUT2D eigenvalue weighted by atomic mass is 32.2. The van der Waals surface area contributed by atoms with Crippen LogP contribution in [0.25, 0.3) is 32.5 Å². The van der Waals surface area contributed by atoms with Crippen molar-refractivity contribution < 1.29 is 17.9 Å². The minimum absolute atomic E-state index is 0.210. The van der Waals surface area contributed by atoms with Crippen LogP contribution < -0.4 is 10.6 Å². The molecule has 2 saturated heterocycles. The van der Waals surface area contributed by atoms with Gasteiger partial charge in [0.05, 0.1) is 45.6 Å². The number of hydrogen-bond acceptors (Lipinski definition) is 11. The maximum atomic E-state index is 13.7. The van der Waals surface area contributed by atoms with Crippen LogP contribution in [0.15, 0.2) is 59.8 Å². The van der Waals surface area contributed by atoms with Gasteiger partial charge in [0.25, 0.3) is 10.0 Å². The lowest BCUT2D eigenvalue weighted by Crippen LogP contribution is -2.59. The zero-order chi connectivity index (χ0) is 32.9. The average Bonchev–Trinajstić information content (AvgIpc) is 3.65. The number of carbonyl (C=O) groups is 1. The molecule has 5 aromatic rings. The van der Waals surface area contributed by atoms with Gasteiger partial charge in [0.2, 0.25) is 5.91 Å². The SMILES string of the molecule is Cc1cc2c(-c3nc(N4CCOCC4)c4sc(CN5CCN(C(C)(C)C(N)=O)CC5)cc4n3)cncc2n1S(=O)(=O)c1ccccc1. The zero-order valence-electron chi connectivity index (χ0n) is 26.7. The molecule has 2 aliphatic heterocycles. The van der Waals surface area contributed by atoms with E-state index in [1.165, 1.54) is 8.85 Å². The molecule has 7 rings (SSSR count). The molecule has 2 N–H and O–H groups in total. The average molecular weight is 675 g/mol. The minimum atomic E-state index is -3.85. The van der Waals surface area contributed by atoms with Gasteiger partial charge in [-0.05, 0) is 45.0 Å². The Hall–Kier alpha value is -3.95. The van der Waals surface area contributed by atoms with E-state index in [0.717, 1.165) is 54.1 Å². The molecule has 0 atom stereocenters. The monoisotopic (exact) mass is 674 g/mol. The van der Waals surface area contributed by atoms with E-state index in [-0.39, 0.29) is 10.8 Å². The van der Waals surface area contributed by atoms with Crippen LogP contribution in [-0.4, -0.2) is 101 Å². The number of rotatable bonds is 8. The molecule has 4 aromatic heterocycles. The molecule has 0 bridgehead atoms. The zero-order valence-corrected chi connectivity index (χ0v) is 28.4. The molecule has 0 unspecified atom stereocenters. The number of piperazine rings is 1. The number of ether oxygens (including phenoxy) is 1. The number of aromatic nitrogens is 4. The Kier molecular flexibility index (Phi) is 8.25. The molecular weight excluding hydrogens is 637 g/mol. The normalized spacial score (nSPS) is 17.1. The van der Waals surface area contributed by atoms with Gasteiger partial charge in [-0.3, -0.25) is 19.6 Å². The Balaban J connectivity index is 1.26. The molecule has 47 heavy (non-hydrogen) atoms. The van der Waals surface area contributed by atoms with Crippen LogP contribution in [0, 0.1) is 6.92 Å². The van der Waals surface area contributed by atoms with Crippen LogP contribution in [0.4, 0.5) is 5.82 Å². The van der Waals surface area contributed by atoms with Crippen LogP contribution in [0.1, 0.15) is 24.4 Å². The summed E-state index contributed by atoms with van der Waals surface area (Å²) >= 11 is 1.70. The van der Waals surface area contributed by atoms with Gasteiger partial charge in [0.1, 0.15) is 0 Å². The quantitative estimate of drug-likeness (QED) is 0.260. The van der Waals surface area contributed by atoms with Crippen LogP contribution in [-0.2, 0) is 26.1 Å². The highest BCUT2D eigenvalue weighted by molar-refractivity contribution is 7.90. The van der Waals surface area contributed by atoms with Crippen molar-refractivity contribution in [2.45, 2.75) is 37.8 Å². The molecule has 2 aliphatic rings. The van der Waals surface area contributed by atoms with Crippen molar-refractivity contribution in [1.29, 1.82) is 0 Å². The maximum absolute atomic E-state index is 13.7. The van der Waals surface area contributed by atoms with Crippen molar-refractivity contribution in [2.24, 2.45) is 5.73 Å². The van der Waals surface area contributed by atoms with Crippen molar-refractivity contribution in [3.8, 4) is 11.4 Å². The third-order valence-corrected chi connectivity index (χ3v) is 12.2. The van der Waals surface area contributed by atoms with Crippen LogP contribution >= 0.6 is 11.3 Å². The van der Waals surface area contributed by atoms with Gasteiger partial charge in [0, 0.05) is 73.5 Å². The van der Waals surface area contributed by atoms with Crippen molar-refractivity contribution in [3.05, 3.63) is 65.4 Å². The smallest absolute Gasteiger partial charge is 0.268 e. The number of amides is 1. The van der Waals surface area contributed by atoms with Gasteiger partial charge in [-0.1, -0.05) is 18.2 Å². The van der Waals surface area contributed by atoms with Crippen LogP contribution in [0.2, 0.25) is 0 Å². The summed E-state index contributed by atoms with van der Waals surface area (Å²) in [6.45, 7) is 12.1. The first-order valence-electron chi connectivity index (χ1n) is 15.7. The molecule has 1 aromatic carbocycles. The lowest BCUT2D eigenvalue weighted by atomic mass is 10.0. The van der Waals surface area contributed by atoms with E-state index in [2.05, 4.69) is 25.8 Å². The molecular formula is C33H38N8O4S2. The number of carbonyl (C=O) groups excluding carboxylic acids is 1. The van der Waals surface area contributed by atoms with Crippen molar-refractivity contribution in [1.82, 2.24) is 28.7 Å². The summed E-state index contributed by atoms with van der Waals surface area (Å²) in [5.74, 6) is 1.04. The lowest BCUT2D eigenvalue weighted by Gasteiger charge is -2.42. The molecule has 0 spiro atoms. The third kappa shape index (κ3) is 5.78. The van der Waals surface area contributed by atoms with E-state index in [0.29, 0.717) is 48.9 Å². The molecule has 2 fully saturated rings. The summed E-state index contributed by atoms with van der Waals surface area (Å²) in [5, 5.41) is 0.719. The summed E-state index contributed by atoms with van der Waals surface area (Å²) in [4.78, 5) is 34.8. The Labute approximate surface area is 277 Å². The Morgan fingerprint density at radius 3 is 2.43 bits per heavy atom. The predicted octanol–water partition coefficient (Wildman–Crippen LogP) is 3.47. The van der Waals surface area contributed by atoms with Gasteiger partial charge in [-0.15, -0.1) is 11.3 Å². The van der Waals surface area contributed by atoms with Crippen molar-refractivity contribution in [2.75, 3.05) is 57.4 Å². The van der Waals surface area contributed by atoms with Crippen LogP contribution in [0.3, 0.4) is 0 Å². The first kappa shape index (κ1) is 31.6. The number of thiophene rings is 1. The summed E-state index contributed by atoms with van der Waals surface area (Å²) in [7, 11) is -3.85. The fourth-order valence-corrected chi connectivity index (χ4v) is 9.12. The van der Waals surface area contributed by atoms with Gasteiger partial charge in [-0.25, -0.2) is 22.4 Å². The number of fused-ring (bicyclic) bond motifs is 2. The molecule has 12 nitrogen and oxygen atoms in total. The second-order valence-electron chi connectivity index (χ2n) is 12.6. The fourth-order valence-electron chi connectivity index (χ4n) is 6.42. The predicted molar refractivity (Wildman–Crippen MR) is 183 cm³/mol. The first-order valence-corrected chi connectivity index (χ1v) is 18.0. The highest BCUT2D eigenvalue weighted by Crippen LogP contribution is 2.37. The van der Waals surface area contributed by atoms with Crippen LogP contribution in [0.5, 0.6) is 0 Å². The fraction of sp³-hybridized carbons (Fsp3) is 0.394. The molecule has 14 heteroatoms. The number of primary amides is 1. The molecule has 1 amide bonds.